The summed E-state index contributed by atoms with van der Waals surface area (Å²) in [5.74, 6) is -1.10. The number of H-pyrrole nitrogens is 1. The van der Waals surface area contributed by atoms with Gasteiger partial charge < -0.3 is 9.84 Å². The minimum atomic E-state index is -4.34. The number of aromatic amines is 1. The molecule has 1 aromatic rings. The van der Waals surface area contributed by atoms with Gasteiger partial charge in [0, 0.05) is 0 Å². The summed E-state index contributed by atoms with van der Waals surface area (Å²) >= 11 is 0. The van der Waals surface area contributed by atoms with Crippen molar-refractivity contribution in [3.8, 4) is 0 Å². The van der Waals surface area contributed by atoms with Crippen molar-refractivity contribution in [2.24, 2.45) is 5.92 Å². The summed E-state index contributed by atoms with van der Waals surface area (Å²) in [7, 11) is -4.34. The van der Waals surface area contributed by atoms with E-state index in [2.05, 4.69) is 11.9 Å². The Morgan fingerprint density at radius 3 is 1.94 bits per heavy atom. The minimum absolute atomic E-state index is 0.108. The van der Waals surface area contributed by atoms with Gasteiger partial charge in [-0.05, 0) is 12.3 Å². The fraction of sp³-hybridized carbons (Fsp3) is 0.840. The van der Waals surface area contributed by atoms with Crippen LogP contribution in [-0.2, 0) is 26.4 Å². The van der Waals surface area contributed by atoms with Crippen molar-refractivity contribution in [1.82, 2.24) is 4.98 Å². The van der Waals surface area contributed by atoms with E-state index < -0.39 is 27.9 Å². The molecule has 1 rings (SSSR count). The van der Waals surface area contributed by atoms with E-state index >= 15 is 0 Å². The SMILES string of the molecule is CCCCCCCCCCCCCCCCC(C)C(c1[nH]cc[n+]1COCC(=O)O)S(=O)(=O)O. The highest BCUT2D eigenvalue weighted by molar-refractivity contribution is 7.86. The summed E-state index contributed by atoms with van der Waals surface area (Å²) in [6.07, 6.45) is 21.5. The standard InChI is InChI=1S/C25H46N2O6S/c1-3-4-5-6-7-8-9-10-11-12-13-14-15-16-17-22(2)24(34(30,31)32)25-26-18-19-27(25)21-33-20-23(28)29/h18-19,22,24H,3-17,20-21H2,1-2H3,(H2,28,29,30,31,32)/p+1. The molecule has 2 unspecified atom stereocenters. The van der Waals surface area contributed by atoms with E-state index in [9.17, 15) is 17.8 Å². The van der Waals surface area contributed by atoms with E-state index in [-0.39, 0.29) is 12.6 Å². The minimum Gasteiger partial charge on any atom is -0.480 e. The Bertz CT molecular complexity index is 765. The molecule has 9 heteroatoms. The van der Waals surface area contributed by atoms with Crippen LogP contribution in [0.5, 0.6) is 0 Å². The molecule has 34 heavy (non-hydrogen) atoms. The quantitative estimate of drug-likeness (QED) is 0.104. The summed E-state index contributed by atoms with van der Waals surface area (Å²) in [5.41, 5.74) is 0. The maximum Gasteiger partial charge on any atom is 0.329 e. The first-order valence-corrected chi connectivity index (χ1v) is 14.6. The third-order valence-electron chi connectivity index (χ3n) is 6.37. The summed E-state index contributed by atoms with van der Waals surface area (Å²) in [5, 5.41) is 7.60. The first-order valence-electron chi connectivity index (χ1n) is 13.1. The van der Waals surface area contributed by atoms with Gasteiger partial charge in [-0.25, -0.2) is 14.3 Å². The maximum atomic E-state index is 12.1. The molecule has 0 saturated heterocycles. The molecule has 1 aromatic heterocycles. The smallest absolute Gasteiger partial charge is 0.329 e. The number of aliphatic carboxylic acids is 1. The lowest BCUT2D eigenvalue weighted by Gasteiger charge is -2.18. The van der Waals surface area contributed by atoms with E-state index in [0.29, 0.717) is 12.2 Å². The van der Waals surface area contributed by atoms with Gasteiger partial charge in [-0.1, -0.05) is 104 Å². The number of carboxylic acids is 1. The zero-order chi connectivity index (χ0) is 25.2. The second-order valence-electron chi connectivity index (χ2n) is 9.48. The van der Waals surface area contributed by atoms with E-state index in [4.69, 9.17) is 9.84 Å². The molecule has 8 nitrogen and oxygen atoms in total. The van der Waals surface area contributed by atoms with Crippen LogP contribution in [0.3, 0.4) is 0 Å². The number of nitrogens with one attached hydrogen (secondary N) is 1. The lowest BCUT2D eigenvalue weighted by atomic mass is 9.98. The predicted octanol–water partition coefficient (Wildman–Crippen LogP) is 5.80. The molecule has 0 spiro atoms. The van der Waals surface area contributed by atoms with E-state index in [1.165, 1.54) is 75.2 Å². The molecule has 0 radical (unpaired) electrons. The Balaban J connectivity index is 2.27. The molecule has 0 amide bonds. The number of hydrogen-bond acceptors (Lipinski definition) is 4. The number of carboxylic acid groups (broad SMARTS) is 1. The second kappa shape index (κ2) is 17.9. The molecule has 0 aliphatic heterocycles. The molecule has 0 bridgehead atoms. The normalized spacial score (nSPS) is 13.7. The first kappa shape index (κ1) is 30.6. The zero-order valence-electron chi connectivity index (χ0n) is 21.2. The summed E-state index contributed by atoms with van der Waals surface area (Å²) in [6.45, 7) is 3.48. The number of aromatic nitrogens is 2. The lowest BCUT2D eigenvalue weighted by Crippen LogP contribution is -2.42. The Labute approximate surface area is 206 Å². The Kier molecular flexibility index (Phi) is 16.1. The van der Waals surface area contributed by atoms with E-state index in [0.717, 1.165) is 19.3 Å². The van der Waals surface area contributed by atoms with Gasteiger partial charge in [0.15, 0.2) is 12.0 Å². The van der Waals surface area contributed by atoms with Crippen molar-refractivity contribution >= 4 is 16.1 Å². The van der Waals surface area contributed by atoms with Gasteiger partial charge in [0.05, 0.1) is 0 Å². The molecular weight excluding hydrogens is 456 g/mol. The predicted molar refractivity (Wildman–Crippen MR) is 133 cm³/mol. The van der Waals surface area contributed by atoms with Gasteiger partial charge in [0.25, 0.3) is 15.9 Å². The summed E-state index contributed by atoms with van der Waals surface area (Å²) < 4.78 is 40.7. The van der Waals surface area contributed by atoms with Crippen molar-refractivity contribution in [2.75, 3.05) is 6.61 Å². The Hall–Kier alpha value is -1.45. The number of rotatable bonds is 22. The number of carbonyl (C=O) groups is 1. The maximum absolute atomic E-state index is 12.1. The monoisotopic (exact) mass is 503 g/mol. The zero-order valence-corrected chi connectivity index (χ0v) is 22.0. The van der Waals surface area contributed by atoms with Gasteiger partial charge in [0.1, 0.15) is 19.0 Å². The number of imidazole rings is 1. The van der Waals surface area contributed by atoms with Crippen LogP contribution >= 0.6 is 0 Å². The van der Waals surface area contributed by atoms with Crippen molar-refractivity contribution in [3.63, 3.8) is 0 Å². The molecule has 3 N–H and O–H groups in total. The Morgan fingerprint density at radius 2 is 1.47 bits per heavy atom. The van der Waals surface area contributed by atoms with Crippen molar-refractivity contribution in [2.45, 2.75) is 122 Å². The third kappa shape index (κ3) is 13.4. The molecule has 1 heterocycles. The lowest BCUT2D eigenvalue weighted by molar-refractivity contribution is -0.738. The molecule has 0 aliphatic carbocycles. The van der Waals surface area contributed by atoms with Gasteiger partial charge in [-0.2, -0.15) is 8.42 Å². The van der Waals surface area contributed by atoms with Crippen molar-refractivity contribution < 1.29 is 32.2 Å². The van der Waals surface area contributed by atoms with Gasteiger partial charge in [0.2, 0.25) is 0 Å². The number of nitrogens with zero attached hydrogens (tertiary/aromatic N) is 1. The van der Waals surface area contributed by atoms with Crippen LogP contribution in [0.1, 0.15) is 121 Å². The van der Waals surface area contributed by atoms with Gasteiger partial charge in [-0.15, -0.1) is 0 Å². The first-order chi connectivity index (χ1) is 16.3. The van der Waals surface area contributed by atoms with Gasteiger partial charge in [-0.3, -0.25) is 4.55 Å². The molecule has 0 saturated carbocycles. The van der Waals surface area contributed by atoms with Gasteiger partial charge >= 0.3 is 5.97 Å². The number of unbranched alkanes of at least 4 members (excludes halogenated alkanes) is 13. The highest BCUT2D eigenvalue weighted by Gasteiger charge is 2.38. The van der Waals surface area contributed by atoms with E-state index in [1.54, 1.807) is 12.4 Å². The Morgan fingerprint density at radius 1 is 0.971 bits per heavy atom. The topological polar surface area (TPSA) is 121 Å². The third-order valence-corrected chi connectivity index (χ3v) is 7.70. The molecular formula is C25H47N2O6S+. The molecule has 0 aromatic carbocycles. The fourth-order valence-corrected chi connectivity index (χ4v) is 5.69. The average Bonchev–Trinajstić information content (AvgIpc) is 3.20. The van der Waals surface area contributed by atoms with Crippen LogP contribution in [0, 0.1) is 5.92 Å². The van der Waals surface area contributed by atoms with E-state index in [1.807, 2.05) is 6.92 Å². The number of hydrogen-bond donors (Lipinski definition) is 3. The van der Waals surface area contributed by atoms with Crippen LogP contribution < -0.4 is 4.57 Å². The average molecular weight is 504 g/mol. The van der Waals surface area contributed by atoms with Crippen LogP contribution in [0.15, 0.2) is 12.4 Å². The van der Waals surface area contributed by atoms with Crippen LogP contribution in [0.25, 0.3) is 0 Å². The molecule has 198 valence electrons. The van der Waals surface area contributed by atoms with Crippen molar-refractivity contribution in [3.05, 3.63) is 18.2 Å². The van der Waals surface area contributed by atoms with Crippen molar-refractivity contribution in [1.29, 1.82) is 0 Å². The summed E-state index contributed by atoms with van der Waals surface area (Å²) in [6, 6.07) is 0. The largest absolute Gasteiger partial charge is 0.480 e. The van der Waals surface area contributed by atoms with Crippen LogP contribution in [0.4, 0.5) is 0 Å². The molecule has 0 aliphatic rings. The highest BCUT2D eigenvalue weighted by atomic mass is 32.2. The summed E-state index contributed by atoms with van der Waals surface area (Å²) in [4.78, 5) is 13.5. The van der Waals surface area contributed by atoms with Crippen LogP contribution in [-0.4, -0.2) is 35.6 Å². The molecule has 0 fully saturated rings. The molecule has 2 atom stereocenters. The fourth-order valence-electron chi connectivity index (χ4n) is 4.48. The van der Waals surface area contributed by atoms with Crippen LogP contribution in [0.2, 0.25) is 0 Å². The highest BCUT2D eigenvalue weighted by Crippen LogP contribution is 2.30. The second-order valence-corrected chi connectivity index (χ2v) is 11.0. The number of ether oxygens (including phenoxy) is 1.